The summed E-state index contributed by atoms with van der Waals surface area (Å²) in [5.74, 6) is 0.917. The van der Waals surface area contributed by atoms with E-state index < -0.39 is 0 Å². The van der Waals surface area contributed by atoms with Crippen molar-refractivity contribution in [1.29, 1.82) is 0 Å². The van der Waals surface area contributed by atoms with Crippen molar-refractivity contribution in [3.05, 3.63) is 0 Å². The first-order valence-corrected chi connectivity index (χ1v) is 8.78. The topological polar surface area (TPSA) is 72.8 Å². The molecule has 7 heteroatoms. The minimum Gasteiger partial charge on any atom is -0.395 e. The number of thiol groups is 2. The van der Waals surface area contributed by atoms with E-state index in [0.717, 1.165) is 31.4 Å². The molecule has 0 aliphatic rings. The van der Waals surface area contributed by atoms with Gasteiger partial charge in [-0.25, -0.2) is 0 Å². The van der Waals surface area contributed by atoms with E-state index in [2.05, 4.69) is 30.6 Å². The van der Waals surface area contributed by atoms with Gasteiger partial charge in [-0.1, -0.05) is 6.42 Å². The second-order valence-corrected chi connectivity index (χ2v) is 6.23. The number of hydrogen-bond acceptors (Lipinski definition) is 6. The first-order valence-electron chi connectivity index (χ1n) is 7.63. The summed E-state index contributed by atoms with van der Waals surface area (Å²) in [4.78, 5) is 13.6. The summed E-state index contributed by atoms with van der Waals surface area (Å²) < 4.78 is 0. The number of nitrogens with one attached hydrogen (secondary N) is 1. The molecule has 0 heterocycles. The van der Waals surface area contributed by atoms with Gasteiger partial charge >= 0.3 is 0 Å². The van der Waals surface area contributed by atoms with Gasteiger partial charge in [-0.05, 0) is 25.0 Å². The Bertz CT molecular complexity index is 252. The van der Waals surface area contributed by atoms with Gasteiger partial charge in [0.15, 0.2) is 0 Å². The Morgan fingerprint density at radius 2 is 1.76 bits per heavy atom. The zero-order chi connectivity index (χ0) is 15.9. The number of aliphatic hydroxyl groups excluding tert-OH is 2. The van der Waals surface area contributed by atoms with Gasteiger partial charge < -0.3 is 15.5 Å². The molecule has 0 fully saturated rings. The molecule has 0 saturated carbocycles. The highest BCUT2D eigenvalue weighted by Crippen LogP contribution is 2.12. The van der Waals surface area contributed by atoms with Gasteiger partial charge in [0, 0.05) is 37.8 Å². The summed E-state index contributed by atoms with van der Waals surface area (Å²) >= 11 is 8.63. The van der Waals surface area contributed by atoms with Crippen LogP contribution in [0.1, 0.15) is 32.1 Å². The molecule has 0 saturated heterocycles. The smallest absolute Gasteiger partial charge is 0.220 e. The quantitative estimate of drug-likeness (QED) is 0.237. The molecule has 0 bridgehead atoms. The van der Waals surface area contributed by atoms with Gasteiger partial charge in [0.1, 0.15) is 0 Å². The van der Waals surface area contributed by atoms with E-state index in [1.54, 1.807) is 0 Å². The standard InChI is InChI=1S/C14H30N2O3S2/c17-10-8-16(9-11-18)7-6-15-14(19)4-2-1-3-13(21)5-12-20/h13,17-18,20-21H,1-12H2,(H,15,19). The van der Waals surface area contributed by atoms with E-state index in [1.165, 1.54) is 0 Å². The molecule has 0 aliphatic carbocycles. The number of carbonyl (C=O) groups excluding carboxylic acids is 1. The SMILES string of the molecule is O=C(CCCCC(S)CCS)NCCN(CCO)CCO. The van der Waals surface area contributed by atoms with Crippen LogP contribution in [-0.2, 0) is 4.79 Å². The molecule has 126 valence electrons. The zero-order valence-corrected chi connectivity index (χ0v) is 14.5. The number of unbranched alkanes of at least 4 members (excludes halogenated alkanes) is 1. The highest BCUT2D eigenvalue weighted by atomic mass is 32.1. The summed E-state index contributed by atoms with van der Waals surface area (Å²) in [6.07, 6.45) is 4.46. The summed E-state index contributed by atoms with van der Waals surface area (Å²) in [5, 5.41) is 21.0. The Kier molecular flexibility index (Phi) is 15.0. The Balaban J connectivity index is 3.57. The first-order chi connectivity index (χ1) is 10.1. The summed E-state index contributed by atoms with van der Waals surface area (Å²) in [7, 11) is 0. The van der Waals surface area contributed by atoms with Crippen molar-refractivity contribution in [2.45, 2.75) is 37.4 Å². The van der Waals surface area contributed by atoms with Crippen molar-refractivity contribution >= 4 is 31.2 Å². The molecule has 0 rings (SSSR count). The van der Waals surface area contributed by atoms with Crippen LogP contribution in [0, 0.1) is 0 Å². The summed E-state index contributed by atoms with van der Waals surface area (Å²) in [6, 6.07) is 0. The highest BCUT2D eigenvalue weighted by molar-refractivity contribution is 7.81. The van der Waals surface area contributed by atoms with Gasteiger partial charge in [0.05, 0.1) is 13.2 Å². The number of nitrogens with zero attached hydrogens (tertiary/aromatic N) is 1. The molecule has 1 unspecified atom stereocenters. The lowest BCUT2D eigenvalue weighted by Crippen LogP contribution is -2.37. The molecular weight excluding hydrogens is 308 g/mol. The van der Waals surface area contributed by atoms with E-state index in [0.29, 0.717) is 37.8 Å². The fraction of sp³-hybridized carbons (Fsp3) is 0.929. The van der Waals surface area contributed by atoms with E-state index >= 15 is 0 Å². The third-order valence-corrected chi connectivity index (χ3v) is 4.01. The molecule has 1 atom stereocenters. The van der Waals surface area contributed by atoms with Crippen LogP contribution in [0.4, 0.5) is 0 Å². The fourth-order valence-electron chi connectivity index (χ4n) is 2.02. The Morgan fingerprint density at radius 1 is 1.10 bits per heavy atom. The number of rotatable bonds is 14. The average molecular weight is 339 g/mol. The number of carbonyl (C=O) groups is 1. The van der Waals surface area contributed by atoms with Gasteiger partial charge in [-0.15, -0.1) is 0 Å². The lowest BCUT2D eigenvalue weighted by molar-refractivity contribution is -0.121. The summed E-state index contributed by atoms with van der Waals surface area (Å²) in [5.41, 5.74) is 0. The number of hydrogen-bond donors (Lipinski definition) is 5. The molecule has 3 N–H and O–H groups in total. The molecule has 21 heavy (non-hydrogen) atoms. The van der Waals surface area contributed by atoms with Crippen LogP contribution in [0.3, 0.4) is 0 Å². The van der Waals surface area contributed by atoms with E-state index in [-0.39, 0.29) is 19.1 Å². The van der Waals surface area contributed by atoms with Crippen LogP contribution in [0.5, 0.6) is 0 Å². The van der Waals surface area contributed by atoms with Crippen LogP contribution in [-0.4, -0.2) is 71.4 Å². The zero-order valence-electron chi connectivity index (χ0n) is 12.7. The van der Waals surface area contributed by atoms with Crippen molar-refractivity contribution in [3.63, 3.8) is 0 Å². The molecule has 0 aromatic heterocycles. The van der Waals surface area contributed by atoms with Crippen molar-refractivity contribution < 1.29 is 15.0 Å². The maximum atomic E-state index is 11.7. The molecule has 0 radical (unpaired) electrons. The normalized spacial score (nSPS) is 12.6. The lowest BCUT2D eigenvalue weighted by Gasteiger charge is -2.20. The minimum absolute atomic E-state index is 0.0606. The molecule has 0 aromatic carbocycles. The van der Waals surface area contributed by atoms with E-state index in [9.17, 15) is 4.79 Å². The molecular formula is C14H30N2O3S2. The maximum absolute atomic E-state index is 11.7. The van der Waals surface area contributed by atoms with Crippen LogP contribution in [0.15, 0.2) is 0 Å². The van der Waals surface area contributed by atoms with Gasteiger partial charge in [-0.2, -0.15) is 25.3 Å². The van der Waals surface area contributed by atoms with Crippen molar-refractivity contribution in [2.24, 2.45) is 0 Å². The van der Waals surface area contributed by atoms with E-state index in [1.807, 2.05) is 4.90 Å². The summed E-state index contributed by atoms with van der Waals surface area (Å²) in [6.45, 7) is 2.35. The van der Waals surface area contributed by atoms with Gasteiger partial charge in [0.25, 0.3) is 0 Å². The monoisotopic (exact) mass is 338 g/mol. The average Bonchev–Trinajstić information content (AvgIpc) is 2.44. The molecule has 0 spiro atoms. The predicted octanol–water partition coefficient (Wildman–Crippen LogP) is 0.568. The second-order valence-electron chi connectivity index (χ2n) is 5.05. The molecule has 1 amide bonds. The molecule has 0 aromatic rings. The fourth-order valence-corrected chi connectivity index (χ4v) is 2.85. The first kappa shape index (κ1) is 21.0. The van der Waals surface area contributed by atoms with Crippen LogP contribution in [0.2, 0.25) is 0 Å². The Hall–Kier alpha value is 0.0500. The molecule has 5 nitrogen and oxygen atoms in total. The Labute approximate surface area is 139 Å². The molecule has 0 aliphatic heterocycles. The largest absolute Gasteiger partial charge is 0.395 e. The predicted molar refractivity (Wildman–Crippen MR) is 93.3 cm³/mol. The third-order valence-electron chi connectivity index (χ3n) is 3.24. The third kappa shape index (κ3) is 13.4. The van der Waals surface area contributed by atoms with E-state index in [4.69, 9.17) is 10.2 Å². The second kappa shape index (κ2) is 15.0. The van der Waals surface area contributed by atoms with Crippen molar-refractivity contribution in [1.82, 2.24) is 10.2 Å². The van der Waals surface area contributed by atoms with Crippen LogP contribution < -0.4 is 5.32 Å². The number of amides is 1. The lowest BCUT2D eigenvalue weighted by atomic mass is 10.1. The highest BCUT2D eigenvalue weighted by Gasteiger charge is 2.06. The van der Waals surface area contributed by atoms with Crippen molar-refractivity contribution in [3.8, 4) is 0 Å². The number of aliphatic hydroxyl groups is 2. The van der Waals surface area contributed by atoms with Gasteiger partial charge in [0.2, 0.25) is 5.91 Å². The Morgan fingerprint density at radius 3 is 2.33 bits per heavy atom. The minimum atomic E-state index is 0.0606. The van der Waals surface area contributed by atoms with Crippen LogP contribution >= 0.6 is 25.3 Å². The van der Waals surface area contributed by atoms with Gasteiger partial charge in [-0.3, -0.25) is 9.69 Å². The van der Waals surface area contributed by atoms with Crippen LogP contribution in [0.25, 0.3) is 0 Å². The van der Waals surface area contributed by atoms with Crippen molar-refractivity contribution in [2.75, 3.05) is 45.1 Å². The maximum Gasteiger partial charge on any atom is 0.220 e.